The summed E-state index contributed by atoms with van der Waals surface area (Å²) in [6.45, 7) is 0. The Kier molecular flexibility index (Phi) is 1.88. The third kappa shape index (κ3) is 1.12. The van der Waals surface area contributed by atoms with Gasteiger partial charge in [-0.1, -0.05) is 30.3 Å². The standard InChI is InChI=1S/C13H16O/c14-13-11-7-6-10(8-11)12(13)9-4-2-1-3-5-9/h1-5,10-14H,6-8H2. The van der Waals surface area contributed by atoms with E-state index in [-0.39, 0.29) is 6.10 Å². The number of aliphatic hydroxyl groups excluding tert-OH is 1. The maximum absolute atomic E-state index is 10.1. The quantitative estimate of drug-likeness (QED) is 0.718. The lowest BCUT2D eigenvalue weighted by Gasteiger charge is -2.27. The maximum Gasteiger partial charge on any atom is 0.0639 e. The fraction of sp³-hybridized carbons (Fsp3) is 0.538. The van der Waals surface area contributed by atoms with Crippen LogP contribution in [0.1, 0.15) is 30.7 Å². The van der Waals surface area contributed by atoms with Crippen LogP contribution >= 0.6 is 0 Å². The Morgan fingerprint density at radius 3 is 2.36 bits per heavy atom. The number of rotatable bonds is 1. The summed E-state index contributed by atoms with van der Waals surface area (Å²) < 4.78 is 0. The van der Waals surface area contributed by atoms with Gasteiger partial charge in [-0.3, -0.25) is 0 Å². The van der Waals surface area contributed by atoms with Gasteiger partial charge in [0.1, 0.15) is 0 Å². The van der Waals surface area contributed by atoms with Crippen molar-refractivity contribution in [2.75, 3.05) is 0 Å². The van der Waals surface area contributed by atoms with Crippen LogP contribution in [0.25, 0.3) is 0 Å². The van der Waals surface area contributed by atoms with Crippen molar-refractivity contribution in [1.29, 1.82) is 0 Å². The normalized spacial score (nSPS) is 40.4. The van der Waals surface area contributed by atoms with Gasteiger partial charge in [-0.05, 0) is 36.7 Å². The van der Waals surface area contributed by atoms with Crippen LogP contribution in [-0.2, 0) is 0 Å². The minimum Gasteiger partial charge on any atom is -0.392 e. The molecule has 1 nitrogen and oxygen atoms in total. The molecule has 2 saturated carbocycles. The Balaban J connectivity index is 1.93. The third-order valence-corrected chi connectivity index (χ3v) is 4.06. The highest BCUT2D eigenvalue weighted by Gasteiger charge is 2.47. The molecule has 3 rings (SSSR count). The SMILES string of the molecule is OC1C2CCC(C2)C1c1ccccc1. The molecule has 1 aromatic rings. The van der Waals surface area contributed by atoms with Crippen molar-refractivity contribution in [2.24, 2.45) is 11.8 Å². The molecule has 74 valence electrons. The highest BCUT2D eigenvalue weighted by Crippen LogP contribution is 2.52. The molecule has 2 aliphatic carbocycles. The van der Waals surface area contributed by atoms with Gasteiger partial charge in [-0.25, -0.2) is 0 Å². The zero-order valence-electron chi connectivity index (χ0n) is 8.26. The number of fused-ring (bicyclic) bond motifs is 2. The summed E-state index contributed by atoms with van der Waals surface area (Å²) in [5.41, 5.74) is 1.34. The molecule has 0 saturated heterocycles. The molecule has 0 aromatic heterocycles. The first-order valence-corrected chi connectivity index (χ1v) is 5.59. The molecule has 2 bridgehead atoms. The summed E-state index contributed by atoms with van der Waals surface area (Å²) in [5, 5.41) is 10.1. The van der Waals surface area contributed by atoms with E-state index in [2.05, 4.69) is 24.3 Å². The molecule has 2 aliphatic rings. The van der Waals surface area contributed by atoms with E-state index >= 15 is 0 Å². The topological polar surface area (TPSA) is 20.2 Å². The van der Waals surface area contributed by atoms with Crippen LogP contribution in [0.2, 0.25) is 0 Å². The van der Waals surface area contributed by atoms with Gasteiger partial charge in [-0.2, -0.15) is 0 Å². The Labute approximate surface area is 84.8 Å². The van der Waals surface area contributed by atoms with Gasteiger partial charge in [0.05, 0.1) is 6.10 Å². The van der Waals surface area contributed by atoms with Gasteiger partial charge in [0, 0.05) is 5.92 Å². The average Bonchev–Trinajstić information content (AvgIpc) is 2.79. The van der Waals surface area contributed by atoms with E-state index in [1.165, 1.54) is 24.8 Å². The summed E-state index contributed by atoms with van der Waals surface area (Å²) in [4.78, 5) is 0. The molecule has 4 atom stereocenters. The molecule has 0 radical (unpaired) electrons. The minimum atomic E-state index is -0.0730. The van der Waals surface area contributed by atoms with Gasteiger partial charge >= 0.3 is 0 Å². The van der Waals surface area contributed by atoms with Crippen LogP contribution < -0.4 is 0 Å². The largest absolute Gasteiger partial charge is 0.392 e. The highest BCUT2D eigenvalue weighted by molar-refractivity contribution is 5.25. The first-order chi connectivity index (χ1) is 6.86. The molecule has 1 aromatic carbocycles. The van der Waals surface area contributed by atoms with Crippen LogP contribution in [0.5, 0.6) is 0 Å². The summed E-state index contributed by atoms with van der Waals surface area (Å²) >= 11 is 0. The average molecular weight is 188 g/mol. The Hall–Kier alpha value is -0.820. The molecule has 2 fully saturated rings. The third-order valence-electron chi connectivity index (χ3n) is 4.06. The van der Waals surface area contributed by atoms with Crippen molar-refractivity contribution in [3.05, 3.63) is 35.9 Å². The van der Waals surface area contributed by atoms with Crippen molar-refractivity contribution < 1.29 is 5.11 Å². The van der Waals surface area contributed by atoms with E-state index in [0.717, 1.165) is 5.92 Å². The molecule has 14 heavy (non-hydrogen) atoms. The fourth-order valence-electron chi connectivity index (χ4n) is 3.41. The second-order valence-corrected chi connectivity index (χ2v) is 4.76. The van der Waals surface area contributed by atoms with E-state index in [9.17, 15) is 5.11 Å². The van der Waals surface area contributed by atoms with Crippen LogP contribution in [0.3, 0.4) is 0 Å². The summed E-state index contributed by atoms with van der Waals surface area (Å²) in [6.07, 6.45) is 3.74. The van der Waals surface area contributed by atoms with E-state index in [1.54, 1.807) is 0 Å². The molecule has 0 spiro atoms. The highest BCUT2D eigenvalue weighted by atomic mass is 16.3. The van der Waals surface area contributed by atoms with Crippen LogP contribution in [0.15, 0.2) is 30.3 Å². The molecule has 0 aliphatic heterocycles. The van der Waals surface area contributed by atoms with Crippen molar-refractivity contribution in [3.8, 4) is 0 Å². The first kappa shape index (κ1) is 8.49. The van der Waals surface area contributed by atoms with E-state index in [1.807, 2.05) is 6.07 Å². The zero-order chi connectivity index (χ0) is 9.54. The van der Waals surface area contributed by atoms with E-state index < -0.39 is 0 Å². The summed E-state index contributed by atoms with van der Waals surface area (Å²) in [7, 11) is 0. The molecular formula is C13H16O. The predicted octanol–water partition coefficient (Wildman–Crippen LogP) is 2.56. The van der Waals surface area contributed by atoms with Crippen LogP contribution in [0, 0.1) is 11.8 Å². The second-order valence-electron chi connectivity index (χ2n) is 4.76. The van der Waals surface area contributed by atoms with Gasteiger partial charge in [0.25, 0.3) is 0 Å². The van der Waals surface area contributed by atoms with Gasteiger partial charge < -0.3 is 5.11 Å². The molecule has 1 heteroatoms. The van der Waals surface area contributed by atoms with E-state index in [4.69, 9.17) is 0 Å². The lowest BCUT2D eigenvalue weighted by Crippen LogP contribution is -2.25. The van der Waals surface area contributed by atoms with Crippen molar-refractivity contribution in [3.63, 3.8) is 0 Å². The summed E-state index contributed by atoms with van der Waals surface area (Å²) in [6, 6.07) is 10.5. The maximum atomic E-state index is 10.1. The molecular weight excluding hydrogens is 172 g/mol. The molecule has 1 N–H and O–H groups in total. The van der Waals surface area contributed by atoms with Gasteiger partial charge in [0.2, 0.25) is 0 Å². The Morgan fingerprint density at radius 2 is 1.71 bits per heavy atom. The van der Waals surface area contributed by atoms with Crippen molar-refractivity contribution in [2.45, 2.75) is 31.3 Å². The van der Waals surface area contributed by atoms with Crippen LogP contribution in [0.4, 0.5) is 0 Å². The Morgan fingerprint density at radius 1 is 1.00 bits per heavy atom. The molecule has 0 heterocycles. The van der Waals surface area contributed by atoms with Crippen LogP contribution in [-0.4, -0.2) is 11.2 Å². The number of benzene rings is 1. The molecule has 0 amide bonds. The minimum absolute atomic E-state index is 0.0730. The van der Waals surface area contributed by atoms with Gasteiger partial charge in [-0.15, -0.1) is 0 Å². The zero-order valence-corrected chi connectivity index (χ0v) is 8.26. The first-order valence-electron chi connectivity index (χ1n) is 5.59. The lowest BCUT2D eigenvalue weighted by molar-refractivity contribution is 0.0923. The number of hydrogen-bond acceptors (Lipinski definition) is 1. The Bertz CT molecular complexity index is 317. The predicted molar refractivity (Wildman–Crippen MR) is 56.0 cm³/mol. The van der Waals surface area contributed by atoms with Crippen molar-refractivity contribution >= 4 is 0 Å². The van der Waals surface area contributed by atoms with E-state index in [0.29, 0.717) is 11.8 Å². The second kappa shape index (κ2) is 3.09. The van der Waals surface area contributed by atoms with Crippen molar-refractivity contribution in [1.82, 2.24) is 0 Å². The monoisotopic (exact) mass is 188 g/mol. The van der Waals surface area contributed by atoms with Gasteiger partial charge in [0.15, 0.2) is 0 Å². The fourth-order valence-corrected chi connectivity index (χ4v) is 3.41. The smallest absolute Gasteiger partial charge is 0.0639 e. The number of aliphatic hydroxyl groups is 1. The summed E-state index contributed by atoms with van der Waals surface area (Å²) in [5.74, 6) is 1.76. The lowest BCUT2D eigenvalue weighted by atomic mass is 9.81. The number of hydrogen-bond donors (Lipinski definition) is 1. The molecule has 4 unspecified atom stereocenters.